The van der Waals surface area contributed by atoms with Crippen LogP contribution in [-0.4, -0.2) is 45.0 Å². The summed E-state index contributed by atoms with van der Waals surface area (Å²) < 4.78 is 7.78. The van der Waals surface area contributed by atoms with Gasteiger partial charge in [-0.05, 0) is 45.6 Å². The molecule has 8 heteroatoms. The Bertz CT molecular complexity index is 811. The molecule has 0 bridgehead atoms. The smallest absolute Gasteiger partial charge is 0.218 e. The van der Waals surface area contributed by atoms with Gasteiger partial charge in [-0.1, -0.05) is 6.07 Å². The molecule has 1 unspecified atom stereocenters. The van der Waals surface area contributed by atoms with Crippen LogP contribution in [-0.2, 0) is 19.2 Å². The summed E-state index contributed by atoms with van der Waals surface area (Å²) in [5, 5.41) is 21.4. The van der Waals surface area contributed by atoms with Crippen molar-refractivity contribution in [1.29, 1.82) is 0 Å². The highest BCUT2D eigenvalue weighted by molar-refractivity contribution is 5.79. The van der Waals surface area contributed by atoms with Crippen molar-refractivity contribution in [2.45, 2.75) is 57.8 Å². The molecule has 1 fully saturated rings. The second-order valence-electron chi connectivity index (χ2n) is 7.72. The Morgan fingerprint density at radius 3 is 2.86 bits per heavy atom. The van der Waals surface area contributed by atoms with E-state index in [0.29, 0.717) is 24.9 Å². The van der Waals surface area contributed by atoms with Crippen molar-refractivity contribution in [3.63, 3.8) is 0 Å². The fourth-order valence-electron chi connectivity index (χ4n) is 3.38. The molecular weight excluding hydrogens is 368 g/mol. The van der Waals surface area contributed by atoms with Crippen LogP contribution in [0.1, 0.15) is 50.7 Å². The minimum Gasteiger partial charge on any atom is -0.474 e. The number of aliphatic hydroxyl groups is 1. The molecule has 3 N–H and O–H groups in total. The molecule has 2 aromatic rings. The Kier molecular flexibility index (Phi) is 7.09. The third kappa shape index (κ3) is 5.93. The van der Waals surface area contributed by atoms with E-state index >= 15 is 0 Å². The van der Waals surface area contributed by atoms with Crippen molar-refractivity contribution < 1.29 is 9.84 Å². The van der Waals surface area contributed by atoms with Crippen molar-refractivity contribution in [3.05, 3.63) is 41.9 Å². The third-order valence-electron chi connectivity index (χ3n) is 5.11. The van der Waals surface area contributed by atoms with Crippen LogP contribution in [0, 0.1) is 0 Å². The van der Waals surface area contributed by atoms with Gasteiger partial charge >= 0.3 is 0 Å². The zero-order valence-electron chi connectivity index (χ0n) is 17.6. The molecule has 0 spiro atoms. The van der Waals surface area contributed by atoms with E-state index < -0.39 is 5.60 Å². The molecule has 2 aromatic heterocycles. The highest BCUT2D eigenvalue weighted by atomic mass is 16.5. The monoisotopic (exact) mass is 400 g/mol. The molecule has 158 valence electrons. The molecule has 1 aliphatic carbocycles. The molecule has 1 aliphatic rings. The van der Waals surface area contributed by atoms with Gasteiger partial charge in [0.05, 0.1) is 19.3 Å². The van der Waals surface area contributed by atoms with Crippen molar-refractivity contribution in [1.82, 2.24) is 25.4 Å². The number of pyridine rings is 1. The molecule has 0 aliphatic heterocycles. The van der Waals surface area contributed by atoms with Crippen molar-refractivity contribution >= 4 is 5.96 Å². The minimum atomic E-state index is -1.06. The number of rotatable bonds is 8. The second kappa shape index (κ2) is 9.73. The van der Waals surface area contributed by atoms with Crippen LogP contribution in [0.5, 0.6) is 5.88 Å². The summed E-state index contributed by atoms with van der Waals surface area (Å²) >= 11 is 0. The van der Waals surface area contributed by atoms with Gasteiger partial charge in [-0.3, -0.25) is 4.68 Å². The van der Waals surface area contributed by atoms with Gasteiger partial charge in [0, 0.05) is 37.1 Å². The number of aromatic nitrogens is 3. The first kappa shape index (κ1) is 21.1. The number of hydrogen-bond acceptors (Lipinski definition) is 5. The third-order valence-corrected chi connectivity index (χ3v) is 5.11. The first-order chi connectivity index (χ1) is 14.0. The van der Waals surface area contributed by atoms with E-state index in [1.54, 1.807) is 24.0 Å². The second-order valence-corrected chi connectivity index (χ2v) is 7.72. The first-order valence-electron chi connectivity index (χ1n) is 10.3. The van der Waals surface area contributed by atoms with Crippen LogP contribution in [0.15, 0.2) is 35.7 Å². The Labute approximate surface area is 172 Å². The van der Waals surface area contributed by atoms with Crippen LogP contribution in [0.4, 0.5) is 0 Å². The summed E-state index contributed by atoms with van der Waals surface area (Å²) in [5.74, 6) is 1.30. The number of guanidine groups is 1. The maximum absolute atomic E-state index is 10.8. The van der Waals surface area contributed by atoms with E-state index in [1.165, 1.54) is 12.8 Å². The summed E-state index contributed by atoms with van der Waals surface area (Å²) in [6.07, 6.45) is 10.1. The first-order valence-corrected chi connectivity index (χ1v) is 10.3. The molecule has 0 radical (unpaired) electrons. The van der Waals surface area contributed by atoms with Crippen molar-refractivity contribution in [2.75, 3.05) is 13.1 Å². The molecule has 1 atom stereocenters. The van der Waals surface area contributed by atoms with E-state index in [0.717, 1.165) is 30.5 Å². The Morgan fingerprint density at radius 1 is 1.38 bits per heavy atom. The fourth-order valence-corrected chi connectivity index (χ4v) is 3.38. The Hall–Kier alpha value is -2.61. The summed E-state index contributed by atoms with van der Waals surface area (Å²) in [6.45, 7) is 5.24. The van der Waals surface area contributed by atoms with E-state index in [-0.39, 0.29) is 6.10 Å². The summed E-state index contributed by atoms with van der Waals surface area (Å²) in [7, 11) is 1.83. The highest BCUT2D eigenvalue weighted by Crippen LogP contribution is 2.25. The Balaban J connectivity index is 1.64. The zero-order valence-corrected chi connectivity index (χ0v) is 17.6. The zero-order chi connectivity index (χ0) is 20.7. The Morgan fingerprint density at radius 2 is 2.17 bits per heavy atom. The lowest BCUT2D eigenvalue weighted by Gasteiger charge is -2.23. The van der Waals surface area contributed by atoms with E-state index in [2.05, 4.69) is 25.7 Å². The van der Waals surface area contributed by atoms with Gasteiger partial charge in [0.15, 0.2) is 5.96 Å². The maximum Gasteiger partial charge on any atom is 0.218 e. The molecule has 0 aromatic carbocycles. The lowest BCUT2D eigenvalue weighted by Crippen LogP contribution is -2.44. The average Bonchev–Trinajstić information content (AvgIpc) is 3.37. The van der Waals surface area contributed by atoms with Crippen LogP contribution >= 0.6 is 0 Å². The highest BCUT2D eigenvalue weighted by Gasteiger charge is 2.25. The SMILES string of the molecule is CCNC(=NCc1cccnc1OC1CCCC1)NCC(C)(O)c1cnn(C)c1. The summed E-state index contributed by atoms with van der Waals surface area (Å²) in [6, 6.07) is 3.90. The van der Waals surface area contributed by atoms with Gasteiger partial charge in [-0.25, -0.2) is 9.98 Å². The quantitative estimate of drug-likeness (QED) is 0.464. The summed E-state index contributed by atoms with van der Waals surface area (Å²) in [5.41, 5.74) is 0.647. The van der Waals surface area contributed by atoms with Gasteiger partial charge < -0.3 is 20.5 Å². The van der Waals surface area contributed by atoms with Crippen molar-refractivity contribution in [3.8, 4) is 5.88 Å². The molecule has 0 amide bonds. The maximum atomic E-state index is 10.8. The fraction of sp³-hybridized carbons (Fsp3) is 0.571. The molecule has 3 rings (SSSR count). The standard InChI is InChI=1S/C21H32N6O2/c1-4-22-20(25-15-21(2,28)17-13-26-27(3)14-17)24-12-16-8-7-11-23-19(16)29-18-9-5-6-10-18/h7-8,11,13-14,18,28H,4-6,9-10,12,15H2,1-3H3,(H2,22,24,25). The predicted octanol–water partition coefficient (Wildman–Crippen LogP) is 2.10. The lowest BCUT2D eigenvalue weighted by atomic mass is 10.00. The minimum absolute atomic E-state index is 0.258. The van der Waals surface area contributed by atoms with Crippen molar-refractivity contribution in [2.24, 2.45) is 12.0 Å². The number of nitrogens with zero attached hydrogens (tertiary/aromatic N) is 4. The number of nitrogens with one attached hydrogen (secondary N) is 2. The van der Waals surface area contributed by atoms with E-state index in [1.807, 2.05) is 32.3 Å². The molecule has 2 heterocycles. The topological polar surface area (TPSA) is 96.6 Å². The van der Waals surface area contributed by atoms with Gasteiger partial charge in [0.2, 0.25) is 5.88 Å². The average molecular weight is 401 g/mol. The van der Waals surface area contributed by atoms with Gasteiger partial charge in [0.1, 0.15) is 11.7 Å². The van der Waals surface area contributed by atoms with Crippen LogP contribution < -0.4 is 15.4 Å². The lowest BCUT2D eigenvalue weighted by molar-refractivity contribution is 0.0616. The van der Waals surface area contributed by atoms with Crippen LogP contribution in [0.2, 0.25) is 0 Å². The molecule has 1 saturated carbocycles. The molecule has 8 nitrogen and oxygen atoms in total. The van der Waals surface area contributed by atoms with Gasteiger partial charge in [-0.15, -0.1) is 0 Å². The largest absolute Gasteiger partial charge is 0.474 e. The van der Waals surface area contributed by atoms with E-state index in [9.17, 15) is 5.11 Å². The molecule has 0 saturated heterocycles. The van der Waals surface area contributed by atoms with Crippen LogP contribution in [0.25, 0.3) is 0 Å². The van der Waals surface area contributed by atoms with Crippen LogP contribution in [0.3, 0.4) is 0 Å². The normalized spacial score (nSPS) is 17.2. The molecular formula is C21H32N6O2. The number of aryl methyl sites for hydroxylation is 1. The predicted molar refractivity (Wildman–Crippen MR) is 113 cm³/mol. The van der Waals surface area contributed by atoms with Gasteiger partial charge in [-0.2, -0.15) is 5.10 Å². The number of hydrogen-bond donors (Lipinski definition) is 3. The number of aliphatic imine (C=N–C) groups is 1. The van der Waals surface area contributed by atoms with Gasteiger partial charge in [0.25, 0.3) is 0 Å². The van der Waals surface area contributed by atoms with E-state index in [4.69, 9.17) is 4.74 Å². The summed E-state index contributed by atoms with van der Waals surface area (Å²) in [4.78, 5) is 9.08. The molecule has 29 heavy (non-hydrogen) atoms. The number of ether oxygens (including phenoxy) is 1.